The Hall–Kier alpha value is -2.25. The molecular formula is C17H19N5OS. The van der Waals surface area contributed by atoms with Crippen molar-refractivity contribution in [1.29, 1.82) is 0 Å². The minimum Gasteiger partial charge on any atom is -0.346 e. The Morgan fingerprint density at radius 2 is 1.92 bits per heavy atom. The number of rotatable bonds is 4. The van der Waals surface area contributed by atoms with Crippen LogP contribution >= 0.6 is 11.3 Å². The molecule has 0 bridgehead atoms. The van der Waals surface area contributed by atoms with Crippen molar-refractivity contribution in [2.75, 3.05) is 31.1 Å². The summed E-state index contributed by atoms with van der Waals surface area (Å²) in [4.78, 5) is 13.6. The SMILES string of the molecule is Cc1ccc(-c2noc(CN3CCN(c4nccs4)CC3)n2)cc1. The number of thiazole rings is 1. The van der Waals surface area contributed by atoms with Crippen LogP contribution in [0.5, 0.6) is 0 Å². The van der Waals surface area contributed by atoms with Gasteiger partial charge in [0.1, 0.15) is 0 Å². The van der Waals surface area contributed by atoms with Gasteiger partial charge in [0, 0.05) is 43.3 Å². The minimum absolute atomic E-state index is 0.659. The van der Waals surface area contributed by atoms with Crippen LogP contribution in [0.4, 0.5) is 5.13 Å². The molecule has 2 aromatic heterocycles. The van der Waals surface area contributed by atoms with Crippen molar-refractivity contribution in [3.8, 4) is 11.4 Å². The van der Waals surface area contributed by atoms with Crippen LogP contribution in [0, 0.1) is 6.92 Å². The first-order valence-electron chi connectivity index (χ1n) is 8.04. The van der Waals surface area contributed by atoms with E-state index in [0.717, 1.165) is 36.9 Å². The third-order valence-corrected chi connectivity index (χ3v) is 5.03. The first kappa shape index (κ1) is 15.3. The Bertz CT molecular complexity index is 776. The fourth-order valence-corrected chi connectivity index (χ4v) is 3.50. The maximum absolute atomic E-state index is 5.42. The lowest BCUT2D eigenvalue weighted by atomic mass is 10.1. The summed E-state index contributed by atoms with van der Waals surface area (Å²) in [5.74, 6) is 1.33. The van der Waals surface area contributed by atoms with Gasteiger partial charge in [-0.25, -0.2) is 4.98 Å². The summed E-state index contributed by atoms with van der Waals surface area (Å²) >= 11 is 1.69. The first-order chi connectivity index (χ1) is 11.8. The van der Waals surface area contributed by atoms with Gasteiger partial charge in [-0.05, 0) is 6.92 Å². The third-order valence-electron chi connectivity index (χ3n) is 4.20. The van der Waals surface area contributed by atoms with E-state index in [2.05, 4.69) is 44.0 Å². The van der Waals surface area contributed by atoms with Crippen molar-refractivity contribution in [3.63, 3.8) is 0 Å². The molecule has 0 amide bonds. The fourth-order valence-electron chi connectivity index (χ4n) is 2.80. The zero-order valence-electron chi connectivity index (χ0n) is 13.6. The molecule has 0 aliphatic carbocycles. The highest BCUT2D eigenvalue weighted by atomic mass is 32.1. The van der Waals surface area contributed by atoms with Gasteiger partial charge in [0.25, 0.3) is 0 Å². The van der Waals surface area contributed by atoms with E-state index < -0.39 is 0 Å². The van der Waals surface area contributed by atoms with Crippen LogP contribution in [0.25, 0.3) is 11.4 Å². The fraction of sp³-hybridized carbons (Fsp3) is 0.353. The molecule has 4 rings (SSSR count). The number of hydrogen-bond donors (Lipinski definition) is 0. The normalized spacial score (nSPS) is 15.8. The average Bonchev–Trinajstić information content (AvgIpc) is 3.28. The zero-order chi connectivity index (χ0) is 16.4. The topological polar surface area (TPSA) is 58.3 Å². The molecule has 1 aliphatic rings. The van der Waals surface area contributed by atoms with Crippen LogP contribution in [-0.4, -0.2) is 46.2 Å². The van der Waals surface area contributed by atoms with Gasteiger partial charge in [0.05, 0.1) is 6.54 Å². The number of nitrogens with zero attached hydrogens (tertiary/aromatic N) is 5. The van der Waals surface area contributed by atoms with E-state index in [1.807, 2.05) is 23.7 Å². The standard InChI is InChI=1S/C17H19N5OS/c1-13-2-4-14(5-3-13)16-19-15(23-20-16)12-21-7-9-22(10-8-21)17-18-6-11-24-17/h2-6,11H,7-10,12H2,1H3. The number of aromatic nitrogens is 3. The van der Waals surface area contributed by atoms with Gasteiger partial charge in [-0.3, -0.25) is 4.90 Å². The van der Waals surface area contributed by atoms with E-state index in [1.165, 1.54) is 5.56 Å². The Morgan fingerprint density at radius 1 is 1.12 bits per heavy atom. The van der Waals surface area contributed by atoms with E-state index in [0.29, 0.717) is 18.3 Å². The van der Waals surface area contributed by atoms with Gasteiger partial charge in [-0.15, -0.1) is 11.3 Å². The molecule has 0 unspecified atom stereocenters. The average molecular weight is 341 g/mol. The van der Waals surface area contributed by atoms with Crippen molar-refractivity contribution in [1.82, 2.24) is 20.0 Å². The molecule has 0 radical (unpaired) electrons. The molecule has 1 fully saturated rings. The van der Waals surface area contributed by atoms with Crippen LogP contribution < -0.4 is 4.90 Å². The van der Waals surface area contributed by atoms with Crippen molar-refractivity contribution >= 4 is 16.5 Å². The lowest BCUT2D eigenvalue weighted by Crippen LogP contribution is -2.46. The van der Waals surface area contributed by atoms with E-state index in [9.17, 15) is 0 Å². The Kier molecular flexibility index (Phi) is 4.27. The summed E-state index contributed by atoms with van der Waals surface area (Å²) in [5.41, 5.74) is 2.21. The maximum atomic E-state index is 5.42. The smallest absolute Gasteiger partial charge is 0.241 e. The minimum atomic E-state index is 0.659. The van der Waals surface area contributed by atoms with Crippen LogP contribution in [0.15, 0.2) is 40.4 Å². The van der Waals surface area contributed by atoms with Gasteiger partial charge >= 0.3 is 0 Å². The molecule has 0 saturated carbocycles. The lowest BCUT2D eigenvalue weighted by Gasteiger charge is -2.33. The molecule has 0 N–H and O–H groups in total. The lowest BCUT2D eigenvalue weighted by molar-refractivity contribution is 0.215. The molecule has 7 heteroatoms. The molecule has 3 heterocycles. The Labute approximate surface area is 144 Å². The van der Waals surface area contributed by atoms with Gasteiger partial charge in [-0.2, -0.15) is 4.98 Å². The molecule has 3 aromatic rings. The van der Waals surface area contributed by atoms with E-state index in [4.69, 9.17) is 4.52 Å². The van der Waals surface area contributed by atoms with Gasteiger partial charge in [-0.1, -0.05) is 35.0 Å². The van der Waals surface area contributed by atoms with Gasteiger partial charge < -0.3 is 9.42 Å². The van der Waals surface area contributed by atoms with Crippen LogP contribution in [-0.2, 0) is 6.54 Å². The molecule has 0 atom stereocenters. The second kappa shape index (κ2) is 6.70. The third kappa shape index (κ3) is 3.32. The second-order valence-corrected chi connectivity index (χ2v) is 6.83. The zero-order valence-corrected chi connectivity index (χ0v) is 14.4. The van der Waals surface area contributed by atoms with E-state index in [-0.39, 0.29) is 0 Å². The van der Waals surface area contributed by atoms with Crippen molar-refractivity contribution in [3.05, 3.63) is 47.3 Å². The molecule has 24 heavy (non-hydrogen) atoms. The molecule has 1 aliphatic heterocycles. The number of hydrogen-bond acceptors (Lipinski definition) is 7. The maximum Gasteiger partial charge on any atom is 0.241 e. The predicted octanol–water partition coefficient (Wildman–Crippen LogP) is 2.82. The summed E-state index contributed by atoms with van der Waals surface area (Å²) in [5, 5.41) is 7.23. The number of anilines is 1. The van der Waals surface area contributed by atoms with Crippen molar-refractivity contribution in [2.45, 2.75) is 13.5 Å². The molecule has 124 valence electrons. The quantitative estimate of drug-likeness (QED) is 0.727. The highest BCUT2D eigenvalue weighted by molar-refractivity contribution is 7.13. The summed E-state index contributed by atoms with van der Waals surface area (Å²) < 4.78 is 5.42. The highest BCUT2D eigenvalue weighted by Crippen LogP contribution is 2.20. The molecule has 6 nitrogen and oxygen atoms in total. The van der Waals surface area contributed by atoms with Crippen LogP contribution in [0.2, 0.25) is 0 Å². The molecule has 1 aromatic carbocycles. The van der Waals surface area contributed by atoms with Crippen molar-refractivity contribution < 1.29 is 4.52 Å². The summed E-state index contributed by atoms with van der Waals surface area (Å²) in [7, 11) is 0. The number of aryl methyl sites for hydroxylation is 1. The van der Waals surface area contributed by atoms with Gasteiger partial charge in [0.15, 0.2) is 5.13 Å². The van der Waals surface area contributed by atoms with Crippen molar-refractivity contribution in [2.24, 2.45) is 0 Å². The Morgan fingerprint density at radius 3 is 2.62 bits per heavy atom. The predicted molar refractivity (Wildman–Crippen MR) is 94.1 cm³/mol. The second-order valence-electron chi connectivity index (χ2n) is 5.96. The highest BCUT2D eigenvalue weighted by Gasteiger charge is 2.20. The van der Waals surface area contributed by atoms with Crippen LogP contribution in [0.1, 0.15) is 11.5 Å². The number of piperazine rings is 1. The van der Waals surface area contributed by atoms with E-state index in [1.54, 1.807) is 11.3 Å². The van der Waals surface area contributed by atoms with Crippen LogP contribution in [0.3, 0.4) is 0 Å². The molecule has 1 saturated heterocycles. The molecule has 0 spiro atoms. The summed E-state index contributed by atoms with van der Waals surface area (Å²) in [6.45, 7) is 6.67. The first-order valence-corrected chi connectivity index (χ1v) is 8.92. The van der Waals surface area contributed by atoms with Gasteiger partial charge in [0.2, 0.25) is 11.7 Å². The monoisotopic (exact) mass is 341 g/mol. The summed E-state index contributed by atoms with van der Waals surface area (Å²) in [6, 6.07) is 8.17. The Balaban J connectivity index is 1.36. The summed E-state index contributed by atoms with van der Waals surface area (Å²) in [6.07, 6.45) is 1.86. The molecular weight excluding hydrogens is 322 g/mol. The number of benzene rings is 1. The van der Waals surface area contributed by atoms with E-state index >= 15 is 0 Å². The largest absolute Gasteiger partial charge is 0.346 e.